The molecule has 1 aromatic carbocycles. The van der Waals surface area contributed by atoms with Gasteiger partial charge in [-0.3, -0.25) is 9.48 Å². The lowest BCUT2D eigenvalue weighted by Crippen LogP contribution is -2.15. The van der Waals surface area contributed by atoms with Gasteiger partial charge in [0.25, 0.3) is 5.91 Å². The Bertz CT molecular complexity index is 705. The van der Waals surface area contributed by atoms with Gasteiger partial charge >= 0.3 is 6.18 Å². The Kier molecular flexibility index (Phi) is 4.25. The molecule has 1 amide bonds. The molecule has 2 rings (SSSR count). The van der Waals surface area contributed by atoms with Crippen molar-refractivity contribution in [3.63, 3.8) is 0 Å². The van der Waals surface area contributed by atoms with Crippen LogP contribution in [0, 0.1) is 6.92 Å². The zero-order valence-corrected chi connectivity index (χ0v) is 12.5. The first-order valence-corrected chi connectivity index (χ1v) is 6.75. The molecule has 1 N–H and O–H groups in total. The molecule has 0 bridgehead atoms. The lowest BCUT2D eigenvalue weighted by Gasteiger charge is -2.11. The molecule has 0 spiro atoms. The van der Waals surface area contributed by atoms with E-state index in [2.05, 4.69) is 10.4 Å². The number of carbonyl (C=O) groups excluding carboxylic acids is 1. The molecule has 4 nitrogen and oxygen atoms in total. The molecule has 0 radical (unpaired) electrons. The van der Waals surface area contributed by atoms with E-state index in [-0.39, 0.29) is 5.69 Å². The van der Waals surface area contributed by atoms with E-state index in [1.165, 1.54) is 0 Å². The summed E-state index contributed by atoms with van der Waals surface area (Å²) in [7, 11) is 1.16. The first-order chi connectivity index (χ1) is 10.2. The summed E-state index contributed by atoms with van der Waals surface area (Å²) in [6.45, 7) is 3.77. The fraction of sp³-hybridized carbons (Fsp3) is 0.333. The first kappa shape index (κ1) is 16.1. The van der Waals surface area contributed by atoms with Crippen molar-refractivity contribution in [1.82, 2.24) is 9.78 Å². The van der Waals surface area contributed by atoms with Crippen LogP contribution in [0.3, 0.4) is 0 Å². The van der Waals surface area contributed by atoms with E-state index in [0.29, 0.717) is 16.8 Å². The van der Waals surface area contributed by atoms with Crippen molar-refractivity contribution in [2.24, 2.45) is 7.05 Å². The van der Waals surface area contributed by atoms with E-state index in [9.17, 15) is 18.0 Å². The Balaban J connectivity index is 2.31. The van der Waals surface area contributed by atoms with Gasteiger partial charge < -0.3 is 5.32 Å². The summed E-state index contributed by atoms with van der Waals surface area (Å²) < 4.78 is 38.9. The summed E-state index contributed by atoms with van der Waals surface area (Å²) in [5, 5.41) is 6.30. The quantitative estimate of drug-likeness (QED) is 0.942. The molecule has 0 saturated heterocycles. The van der Waals surface area contributed by atoms with Crippen LogP contribution in [-0.2, 0) is 19.6 Å². The number of nitrogens with one attached hydrogen (secondary N) is 1. The van der Waals surface area contributed by atoms with Crippen molar-refractivity contribution in [2.75, 3.05) is 5.32 Å². The van der Waals surface area contributed by atoms with Gasteiger partial charge in [-0.15, -0.1) is 0 Å². The van der Waals surface area contributed by atoms with Crippen molar-refractivity contribution in [1.29, 1.82) is 0 Å². The van der Waals surface area contributed by atoms with E-state index in [1.807, 2.05) is 32.0 Å². The molecule has 0 aliphatic rings. The summed E-state index contributed by atoms with van der Waals surface area (Å²) in [6.07, 6.45) is -3.84. The fourth-order valence-corrected chi connectivity index (χ4v) is 2.22. The van der Waals surface area contributed by atoms with Crippen LogP contribution >= 0.6 is 0 Å². The number of hydrogen-bond acceptors (Lipinski definition) is 2. The first-order valence-electron chi connectivity index (χ1n) is 6.75. The molecule has 1 heterocycles. The van der Waals surface area contributed by atoms with Crippen LogP contribution in [0.2, 0.25) is 0 Å². The maximum atomic E-state index is 12.7. The van der Waals surface area contributed by atoms with Gasteiger partial charge in [0, 0.05) is 18.8 Å². The summed E-state index contributed by atoms with van der Waals surface area (Å²) in [4.78, 5) is 12.2. The average molecular weight is 311 g/mol. The molecule has 7 heteroatoms. The minimum absolute atomic E-state index is 0.264. The van der Waals surface area contributed by atoms with Crippen LogP contribution < -0.4 is 5.32 Å². The molecule has 118 valence electrons. The molecule has 0 atom stereocenters. The van der Waals surface area contributed by atoms with E-state index < -0.39 is 17.8 Å². The maximum absolute atomic E-state index is 12.7. The number of hydrogen-bond donors (Lipinski definition) is 1. The second kappa shape index (κ2) is 5.82. The normalized spacial score (nSPS) is 11.5. The number of nitrogens with zero attached hydrogens (tertiary/aromatic N) is 2. The Morgan fingerprint density at radius 3 is 2.59 bits per heavy atom. The topological polar surface area (TPSA) is 46.9 Å². The van der Waals surface area contributed by atoms with Gasteiger partial charge in [-0.25, -0.2) is 0 Å². The van der Waals surface area contributed by atoms with Crippen molar-refractivity contribution in [2.45, 2.75) is 26.4 Å². The molecule has 0 aliphatic heterocycles. The second-order valence-electron chi connectivity index (χ2n) is 4.95. The van der Waals surface area contributed by atoms with Crippen molar-refractivity contribution in [3.05, 3.63) is 46.8 Å². The predicted octanol–water partition coefficient (Wildman–Crippen LogP) is 3.56. The second-order valence-corrected chi connectivity index (χ2v) is 4.95. The number of amides is 1. The lowest BCUT2D eigenvalue weighted by molar-refractivity contribution is -0.143. The van der Waals surface area contributed by atoms with E-state index in [4.69, 9.17) is 0 Å². The third kappa shape index (κ3) is 3.13. The van der Waals surface area contributed by atoms with Crippen LogP contribution in [0.4, 0.5) is 18.9 Å². The van der Waals surface area contributed by atoms with E-state index in [0.717, 1.165) is 24.2 Å². The minimum Gasteiger partial charge on any atom is -0.320 e. The molecule has 0 saturated carbocycles. The van der Waals surface area contributed by atoms with Gasteiger partial charge in [0.15, 0.2) is 5.69 Å². The maximum Gasteiger partial charge on any atom is 0.433 e. The van der Waals surface area contributed by atoms with Gasteiger partial charge in [0.2, 0.25) is 0 Å². The number of benzene rings is 1. The number of para-hydroxylation sites is 1. The number of halogens is 3. The molecule has 2 aromatic rings. The Morgan fingerprint density at radius 1 is 1.36 bits per heavy atom. The van der Waals surface area contributed by atoms with Gasteiger partial charge in [-0.05, 0) is 24.5 Å². The van der Waals surface area contributed by atoms with Gasteiger partial charge in [-0.2, -0.15) is 18.3 Å². The highest BCUT2D eigenvalue weighted by Crippen LogP contribution is 2.29. The Labute approximate surface area is 125 Å². The Morgan fingerprint density at radius 2 is 2.05 bits per heavy atom. The van der Waals surface area contributed by atoms with Crippen molar-refractivity contribution < 1.29 is 18.0 Å². The van der Waals surface area contributed by atoms with E-state index >= 15 is 0 Å². The fourth-order valence-electron chi connectivity index (χ4n) is 2.22. The van der Waals surface area contributed by atoms with Gasteiger partial charge in [-0.1, -0.05) is 25.1 Å². The Hall–Kier alpha value is -2.31. The van der Waals surface area contributed by atoms with Crippen LogP contribution in [0.15, 0.2) is 24.3 Å². The molecule has 22 heavy (non-hydrogen) atoms. The van der Waals surface area contributed by atoms with Gasteiger partial charge in [0.05, 0.1) is 0 Å². The van der Waals surface area contributed by atoms with Crippen molar-refractivity contribution >= 4 is 11.6 Å². The number of alkyl halides is 3. The number of anilines is 1. The third-order valence-corrected chi connectivity index (χ3v) is 3.38. The average Bonchev–Trinajstić information content (AvgIpc) is 2.83. The lowest BCUT2D eigenvalue weighted by atomic mass is 10.1. The highest BCUT2D eigenvalue weighted by Gasteiger charge is 2.35. The monoisotopic (exact) mass is 311 g/mol. The molecule has 1 aromatic heterocycles. The summed E-state index contributed by atoms with van der Waals surface area (Å²) in [5.74, 6) is -0.657. The van der Waals surface area contributed by atoms with Crippen LogP contribution in [0.25, 0.3) is 0 Å². The highest BCUT2D eigenvalue weighted by molar-refractivity contribution is 6.03. The molecule has 0 aliphatic carbocycles. The standard InChI is InChI=1S/C15H16F3N3O/c1-4-10-7-5-6-9(2)13(10)19-14(22)11-8-12(15(16,17)18)21(3)20-11/h5-8H,4H2,1-3H3,(H,19,22). The zero-order valence-electron chi connectivity index (χ0n) is 12.5. The number of aryl methyl sites for hydroxylation is 3. The van der Waals surface area contributed by atoms with Crippen LogP contribution in [0.5, 0.6) is 0 Å². The highest BCUT2D eigenvalue weighted by atomic mass is 19.4. The smallest absolute Gasteiger partial charge is 0.320 e. The molecular weight excluding hydrogens is 295 g/mol. The zero-order chi connectivity index (χ0) is 16.5. The minimum atomic E-state index is -4.54. The van der Waals surface area contributed by atoms with Crippen LogP contribution in [0.1, 0.15) is 34.2 Å². The summed E-state index contributed by atoms with van der Waals surface area (Å²) in [6, 6.07) is 6.31. The van der Waals surface area contributed by atoms with Crippen molar-refractivity contribution in [3.8, 4) is 0 Å². The van der Waals surface area contributed by atoms with E-state index in [1.54, 1.807) is 0 Å². The SMILES string of the molecule is CCc1cccc(C)c1NC(=O)c1cc(C(F)(F)F)n(C)n1. The predicted molar refractivity (Wildman–Crippen MR) is 76.7 cm³/mol. The van der Waals surface area contributed by atoms with Gasteiger partial charge in [0.1, 0.15) is 5.69 Å². The third-order valence-electron chi connectivity index (χ3n) is 3.38. The number of aromatic nitrogens is 2. The summed E-state index contributed by atoms with van der Waals surface area (Å²) >= 11 is 0. The van der Waals surface area contributed by atoms with Crippen LogP contribution in [-0.4, -0.2) is 15.7 Å². The molecule has 0 fully saturated rings. The molecular formula is C15H16F3N3O. The largest absolute Gasteiger partial charge is 0.433 e. The number of carbonyl (C=O) groups is 1. The number of rotatable bonds is 3. The summed E-state index contributed by atoms with van der Waals surface area (Å²) in [5.41, 5.74) is 1.16. The molecule has 0 unspecified atom stereocenters.